The summed E-state index contributed by atoms with van der Waals surface area (Å²) < 4.78 is 7.52. The van der Waals surface area contributed by atoms with Gasteiger partial charge in [-0.15, -0.1) is 0 Å². The summed E-state index contributed by atoms with van der Waals surface area (Å²) in [5.74, 6) is -0.267. The maximum Gasteiger partial charge on any atom is 0.328 e. The second kappa shape index (κ2) is 6.39. The molecule has 5 heteroatoms. The lowest BCUT2D eigenvalue weighted by Gasteiger charge is -2.14. The second-order valence-corrected chi connectivity index (χ2v) is 5.72. The van der Waals surface area contributed by atoms with Crippen LogP contribution in [0.25, 0.3) is 6.08 Å². The summed E-state index contributed by atoms with van der Waals surface area (Å²) in [4.78, 5) is 10.5. The van der Waals surface area contributed by atoms with Crippen LogP contribution in [0.15, 0.2) is 22.7 Å². The van der Waals surface area contributed by atoms with Gasteiger partial charge in [0.15, 0.2) is 0 Å². The fraction of sp³-hybridized carbons (Fsp3) is 0.250. The van der Waals surface area contributed by atoms with Crippen LogP contribution in [0, 0.1) is 3.57 Å². The van der Waals surface area contributed by atoms with Crippen LogP contribution >= 0.6 is 38.5 Å². The molecule has 0 atom stereocenters. The molecule has 1 aromatic carbocycles. The highest BCUT2D eigenvalue weighted by Crippen LogP contribution is 2.31. The van der Waals surface area contributed by atoms with E-state index in [-0.39, 0.29) is 6.10 Å². The summed E-state index contributed by atoms with van der Waals surface area (Å²) in [6.45, 7) is 3.87. The molecule has 0 heterocycles. The van der Waals surface area contributed by atoms with Gasteiger partial charge in [-0.2, -0.15) is 0 Å². The minimum Gasteiger partial charge on any atom is -0.489 e. The molecule has 1 N–H and O–H groups in total. The van der Waals surface area contributed by atoms with Crippen molar-refractivity contribution in [3.05, 3.63) is 31.8 Å². The van der Waals surface area contributed by atoms with E-state index in [0.717, 1.165) is 19.7 Å². The molecule has 0 aliphatic heterocycles. The highest BCUT2D eigenvalue weighted by atomic mass is 127. The highest BCUT2D eigenvalue weighted by Gasteiger charge is 2.10. The van der Waals surface area contributed by atoms with Gasteiger partial charge in [0.05, 0.1) is 9.67 Å². The van der Waals surface area contributed by atoms with Crippen LogP contribution in [0.2, 0.25) is 0 Å². The number of aliphatic carboxylic acids is 1. The van der Waals surface area contributed by atoms with Crippen molar-refractivity contribution in [2.75, 3.05) is 0 Å². The molecule has 0 unspecified atom stereocenters. The third-order valence-corrected chi connectivity index (χ3v) is 3.06. The van der Waals surface area contributed by atoms with Crippen molar-refractivity contribution in [3.8, 4) is 5.75 Å². The number of halogens is 2. The van der Waals surface area contributed by atoms with Gasteiger partial charge < -0.3 is 9.84 Å². The van der Waals surface area contributed by atoms with E-state index < -0.39 is 5.97 Å². The lowest BCUT2D eigenvalue weighted by atomic mass is 10.2. The number of ether oxygens (including phenoxy) is 1. The largest absolute Gasteiger partial charge is 0.489 e. The lowest BCUT2D eigenvalue weighted by Crippen LogP contribution is -2.08. The van der Waals surface area contributed by atoms with Gasteiger partial charge in [0.25, 0.3) is 0 Å². The predicted octanol–water partition coefficient (Wildman–Crippen LogP) is 3.94. The smallest absolute Gasteiger partial charge is 0.328 e. The maximum atomic E-state index is 10.5. The average Bonchev–Trinajstić information content (AvgIpc) is 2.18. The highest BCUT2D eigenvalue weighted by molar-refractivity contribution is 14.1. The molecule has 0 aromatic heterocycles. The Morgan fingerprint density at radius 1 is 1.53 bits per heavy atom. The summed E-state index contributed by atoms with van der Waals surface area (Å²) in [5.41, 5.74) is 0.750. The van der Waals surface area contributed by atoms with Crippen molar-refractivity contribution >= 4 is 50.6 Å². The Bertz CT molecular complexity index is 455. The Morgan fingerprint density at radius 3 is 2.71 bits per heavy atom. The molecular formula is C12H12BrIO3. The molecule has 17 heavy (non-hydrogen) atoms. The Morgan fingerprint density at radius 2 is 2.18 bits per heavy atom. The quantitative estimate of drug-likeness (QED) is 0.604. The molecule has 0 spiro atoms. The Labute approximate surface area is 122 Å². The Kier molecular flexibility index (Phi) is 5.45. The van der Waals surface area contributed by atoms with Crippen LogP contribution in [0.4, 0.5) is 0 Å². The van der Waals surface area contributed by atoms with Gasteiger partial charge in [-0.05, 0) is 54.6 Å². The number of benzene rings is 1. The van der Waals surface area contributed by atoms with Crippen LogP contribution in [0.3, 0.4) is 0 Å². The summed E-state index contributed by atoms with van der Waals surface area (Å²) in [6, 6.07) is 3.76. The van der Waals surface area contributed by atoms with Gasteiger partial charge in [-0.25, -0.2) is 4.79 Å². The van der Waals surface area contributed by atoms with E-state index in [1.165, 1.54) is 6.08 Å². The standard InChI is InChI=1S/C12H12BrIO3/c1-7(2)17-12-8(3-4-11(15)16)5-9(13)6-10(12)14/h3-7H,1-2H3,(H,15,16). The van der Waals surface area contributed by atoms with E-state index in [9.17, 15) is 4.79 Å². The van der Waals surface area contributed by atoms with Gasteiger partial charge in [0.2, 0.25) is 0 Å². The molecule has 92 valence electrons. The topological polar surface area (TPSA) is 46.5 Å². The first kappa shape index (κ1) is 14.5. The number of carboxylic acid groups (broad SMARTS) is 1. The van der Waals surface area contributed by atoms with Gasteiger partial charge in [-0.3, -0.25) is 0 Å². The van der Waals surface area contributed by atoms with E-state index in [1.807, 2.05) is 26.0 Å². The first-order valence-electron chi connectivity index (χ1n) is 4.97. The van der Waals surface area contributed by atoms with E-state index >= 15 is 0 Å². The maximum absolute atomic E-state index is 10.5. The molecule has 3 nitrogen and oxygen atoms in total. The summed E-state index contributed by atoms with van der Waals surface area (Å²) in [7, 11) is 0. The third-order valence-electron chi connectivity index (χ3n) is 1.80. The normalized spacial score (nSPS) is 11.1. The van der Waals surface area contributed by atoms with Gasteiger partial charge in [0.1, 0.15) is 5.75 Å². The second-order valence-electron chi connectivity index (χ2n) is 3.64. The van der Waals surface area contributed by atoms with Crippen LogP contribution in [-0.4, -0.2) is 17.2 Å². The molecule has 0 radical (unpaired) electrons. The van der Waals surface area contributed by atoms with Gasteiger partial charge in [-0.1, -0.05) is 15.9 Å². The van der Waals surface area contributed by atoms with E-state index in [0.29, 0.717) is 5.75 Å². The average molecular weight is 411 g/mol. The van der Waals surface area contributed by atoms with Crippen molar-refractivity contribution in [2.45, 2.75) is 20.0 Å². The number of rotatable bonds is 4. The van der Waals surface area contributed by atoms with Crippen LogP contribution < -0.4 is 4.74 Å². The molecule has 0 fully saturated rings. The van der Waals surface area contributed by atoms with E-state index in [4.69, 9.17) is 9.84 Å². The summed E-state index contributed by atoms with van der Waals surface area (Å²) >= 11 is 5.54. The number of hydrogen-bond donors (Lipinski definition) is 1. The molecule has 0 aliphatic carbocycles. The molecule has 0 aliphatic rings. The van der Waals surface area contributed by atoms with Crippen molar-refractivity contribution in [2.24, 2.45) is 0 Å². The van der Waals surface area contributed by atoms with Gasteiger partial charge in [0, 0.05) is 16.1 Å². The number of hydrogen-bond acceptors (Lipinski definition) is 2. The van der Waals surface area contributed by atoms with Crippen LogP contribution in [0.1, 0.15) is 19.4 Å². The molecular weight excluding hydrogens is 399 g/mol. The van der Waals surface area contributed by atoms with Crippen LogP contribution in [0.5, 0.6) is 5.75 Å². The number of carboxylic acids is 1. The van der Waals surface area contributed by atoms with Crippen molar-refractivity contribution < 1.29 is 14.6 Å². The van der Waals surface area contributed by atoms with Crippen molar-refractivity contribution in [1.29, 1.82) is 0 Å². The molecule has 1 rings (SSSR count). The zero-order valence-corrected chi connectivity index (χ0v) is 13.1. The monoisotopic (exact) mass is 410 g/mol. The van der Waals surface area contributed by atoms with Crippen molar-refractivity contribution in [3.63, 3.8) is 0 Å². The SMILES string of the molecule is CC(C)Oc1c(I)cc(Br)cc1C=CC(=O)O. The van der Waals surface area contributed by atoms with Crippen LogP contribution in [-0.2, 0) is 4.79 Å². The molecule has 0 saturated carbocycles. The van der Waals surface area contributed by atoms with E-state index in [2.05, 4.69) is 38.5 Å². The molecule has 0 bridgehead atoms. The Hall–Kier alpha value is -0.560. The first-order chi connectivity index (χ1) is 7.90. The van der Waals surface area contributed by atoms with Crippen molar-refractivity contribution in [1.82, 2.24) is 0 Å². The minimum absolute atomic E-state index is 0.0432. The van der Waals surface area contributed by atoms with Gasteiger partial charge >= 0.3 is 5.97 Å². The fourth-order valence-electron chi connectivity index (χ4n) is 1.23. The summed E-state index contributed by atoms with van der Waals surface area (Å²) in [6.07, 6.45) is 2.68. The zero-order chi connectivity index (χ0) is 13.0. The van der Waals surface area contributed by atoms with E-state index in [1.54, 1.807) is 0 Å². The minimum atomic E-state index is -0.976. The zero-order valence-electron chi connectivity index (χ0n) is 9.41. The fourth-order valence-corrected chi connectivity index (χ4v) is 2.90. The first-order valence-corrected chi connectivity index (χ1v) is 6.84. The molecule has 1 aromatic rings. The lowest BCUT2D eigenvalue weighted by molar-refractivity contribution is -0.131. The summed E-state index contributed by atoms with van der Waals surface area (Å²) in [5, 5.41) is 8.64. The third kappa shape index (κ3) is 4.67. The molecule has 0 saturated heterocycles. The number of carbonyl (C=O) groups is 1. The Balaban J connectivity index is 3.20. The molecule has 0 amide bonds. The predicted molar refractivity (Wildman–Crippen MR) is 79.3 cm³/mol.